The zero-order chi connectivity index (χ0) is 35.6. The molecule has 1 unspecified atom stereocenters. The Morgan fingerprint density at radius 1 is 1.08 bits per heavy atom. The van der Waals surface area contributed by atoms with Gasteiger partial charge in [0.15, 0.2) is 0 Å². The molecule has 2 N–H and O–H groups in total. The molecule has 1 aromatic carbocycles. The fraction of sp³-hybridized carbons (Fsp3) is 0.676. The molecule has 5 rings (SSSR count). The Hall–Kier alpha value is -3.08. The number of nitrogens with one attached hydrogen (secondary N) is 1. The molecule has 2 amide bonds. The number of nitrogens with zero attached hydrogens (tertiary/aromatic N) is 6. The number of methoxy groups -OCH3 is 1. The van der Waals surface area contributed by atoms with Crippen molar-refractivity contribution in [3.63, 3.8) is 0 Å². The molecule has 272 valence electrons. The van der Waals surface area contributed by atoms with Crippen molar-refractivity contribution in [3.05, 3.63) is 46.2 Å². The minimum absolute atomic E-state index is 0.0839. The first-order valence-electron chi connectivity index (χ1n) is 17.3. The van der Waals surface area contributed by atoms with Crippen molar-refractivity contribution < 1.29 is 27.9 Å². The highest BCUT2D eigenvalue weighted by molar-refractivity contribution is 7.86. The molecule has 49 heavy (non-hydrogen) atoms. The summed E-state index contributed by atoms with van der Waals surface area (Å²) in [6, 6.07) is 9.30. The van der Waals surface area contributed by atoms with Gasteiger partial charge < -0.3 is 24.6 Å². The largest absolute Gasteiger partial charge is 0.453 e. The smallest absolute Gasteiger partial charge is 0.409 e. The normalized spacial score (nSPS) is 23.9. The molecule has 4 atom stereocenters. The second kappa shape index (κ2) is 15.4. The van der Waals surface area contributed by atoms with E-state index in [-0.39, 0.29) is 53.8 Å². The lowest BCUT2D eigenvalue weighted by Crippen LogP contribution is -2.54. The molecule has 0 spiro atoms. The maximum Gasteiger partial charge on any atom is 0.409 e. The minimum atomic E-state index is -3.52. The van der Waals surface area contributed by atoms with Gasteiger partial charge in [0, 0.05) is 77.5 Å². The third kappa shape index (κ3) is 8.12. The number of hydrogen-bond acceptors (Lipinski definition) is 9. The van der Waals surface area contributed by atoms with Gasteiger partial charge in [-0.2, -0.15) is 17.0 Å². The summed E-state index contributed by atoms with van der Waals surface area (Å²) in [5, 5.41) is 15.2. The summed E-state index contributed by atoms with van der Waals surface area (Å²) < 4.78 is 34.4. The van der Waals surface area contributed by atoms with Crippen molar-refractivity contribution >= 4 is 33.1 Å². The number of hydrogen-bond donors (Lipinski definition) is 2. The molecule has 4 heterocycles. The Morgan fingerprint density at radius 2 is 1.76 bits per heavy atom. The molecular formula is C34H53N7O7S. The number of pyridine rings is 1. The van der Waals surface area contributed by atoms with E-state index < -0.39 is 22.4 Å². The van der Waals surface area contributed by atoms with Crippen LogP contribution in [0.5, 0.6) is 0 Å². The zero-order valence-electron chi connectivity index (χ0n) is 29.6. The average molecular weight is 704 g/mol. The molecule has 0 aliphatic carbocycles. The van der Waals surface area contributed by atoms with Crippen molar-refractivity contribution in [3.8, 4) is 0 Å². The highest BCUT2D eigenvalue weighted by Gasteiger charge is 2.42. The Labute approximate surface area is 289 Å². The second-order valence-corrected chi connectivity index (χ2v) is 16.4. The van der Waals surface area contributed by atoms with Gasteiger partial charge >= 0.3 is 6.09 Å². The Morgan fingerprint density at radius 3 is 2.39 bits per heavy atom. The number of likely N-dealkylation sites (tertiary alicyclic amines) is 1. The molecule has 3 saturated heterocycles. The monoisotopic (exact) mass is 703 g/mol. The highest BCUT2D eigenvalue weighted by atomic mass is 32.2. The van der Waals surface area contributed by atoms with Gasteiger partial charge in [-0.05, 0) is 70.0 Å². The molecule has 0 saturated carbocycles. The lowest BCUT2D eigenvalue weighted by Gasteiger charge is -2.40. The van der Waals surface area contributed by atoms with Gasteiger partial charge in [0.05, 0.1) is 25.3 Å². The van der Waals surface area contributed by atoms with Crippen LogP contribution >= 0.6 is 0 Å². The number of likely N-dealkylation sites (N-methyl/N-ethyl adjacent to an activating group) is 1. The molecule has 2 bridgehead atoms. The summed E-state index contributed by atoms with van der Waals surface area (Å²) in [6.07, 6.45) is 2.72. The number of benzene rings is 1. The number of carbonyl (C=O) groups excluding carboxylic acids is 2. The first-order valence-corrected chi connectivity index (χ1v) is 18.7. The van der Waals surface area contributed by atoms with Crippen molar-refractivity contribution in [2.24, 2.45) is 0 Å². The number of piperidine rings is 1. The predicted molar refractivity (Wildman–Crippen MR) is 188 cm³/mol. The molecule has 1 aromatic heterocycles. The summed E-state index contributed by atoms with van der Waals surface area (Å²) in [6.45, 7) is 6.52. The van der Waals surface area contributed by atoms with Crippen molar-refractivity contribution in [2.45, 2.75) is 82.3 Å². The fourth-order valence-corrected chi connectivity index (χ4v) is 8.94. The molecule has 3 aliphatic heterocycles. The highest BCUT2D eigenvalue weighted by Crippen LogP contribution is 2.36. The number of ether oxygens (including phenoxy) is 1. The lowest BCUT2D eigenvalue weighted by atomic mass is 9.96. The van der Waals surface area contributed by atoms with Crippen LogP contribution in [0.1, 0.15) is 62.4 Å². The van der Waals surface area contributed by atoms with E-state index in [1.165, 1.54) is 34.7 Å². The summed E-state index contributed by atoms with van der Waals surface area (Å²) in [5.74, 6) is -0.355. The van der Waals surface area contributed by atoms with Gasteiger partial charge in [-0.1, -0.05) is 18.2 Å². The molecule has 15 heteroatoms. The van der Waals surface area contributed by atoms with Crippen LogP contribution in [0.15, 0.2) is 35.1 Å². The molecule has 14 nitrogen and oxygen atoms in total. The van der Waals surface area contributed by atoms with Gasteiger partial charge in [-0.15, -0.1) is 0 Å². The van der Waals surface area contributed by atoms with Crippen molar-refractivity contribution in [1.82, 2.24) is 33.2 Å². The van der Waals surface area contributed by atoms with E-state index in [4.69, 9.17) is 4.74 Å². The van der Waals surface area contributed by atoms with Crippen LogP contribution in [0.25, 0.3) is 10.9 Å². The number of carbonyl (C=O) groups is 2. The number of aliphatic hydroxyl groups excluding tert-OH is 1. The molecular weight excluding hydrogens is 650 g/mol. The number of amides is 2. The zero-order valence-corrected chi connectivity index (χ0v) is 30.4. The maximum absolute atomic E-state index is 13.5. The summed E-state index contributed by atoms with van der Waals surface area (Å²) in [5.41, 5.74) is 0.662. The first kappa shape index (κ1) is 37.2. The average Bonchev–Trinajstić information content (AvgIpc) is 3.62. The van der Waals surface area contributed by atoms with Crippen LogP contribution in [0, 0.1) is 0 Å². The van der Waals surface area contributed by atoms with Gasteiger partial charge in [-0.25, -0.2) is 4.79 Å². The topological polar surface area (TPSA) is 148 Å². The van der Waals surface area contributed by atoms with E-state index in [0.717, 1.165) is 36.6 Å². The molecule has 0 radical (unpaired) electrons. The maximum atomic E-state index is 13.5. The second-order valence-electron chi connectivity index (χ2n) is 14.2. The SMILES string of the molecule is COC(=O)N(CCN1CC[C@H](N(C)S(=O)(=O)N(C)C)C1)CC(O)CN1[C@H]2CC[C@H]1CC(NC(=O)c1cc3ccccc3n(C(C)C)c1=O)C2. The van der Waals surface area contributed by atoms with Gasteiger partial charge in [0.1, 0.15) is 5.56 Å². The van der Waals surface area contributed by atoms with Crippen LogP contribution in [0.4, 0.5) is 4.79 Å². The third-order valence-corrected chi connectivity index (χ3v) is 12.4. The van der Waals surface area contributed by atoms with E-state index in [2.05, 4.69) is 15.1 Å². The van der Waals surface area contributed by atoms with Gasteiger partial charge in [-0.3, -0.25) is 19.4 Å². The van der Waals surface area contributed by atoms with Gasteiger partial charge in [0.25, 0.3) is 21.7 Å². The van der Waals surface area contributed by atoms with E-state index >= 15 is 0 Å². The first-order chi connectivity index (χ1) is 23.2. The molecule has 3 aliphatic rings. The minimum Gasteiger partial charge on any atom is -0.453 e. The van der Waals surface area contributed by atoms with Crippen LogP contribution < -0.4 is 10.9 Å². The quantitative estimate of drug-likeness (QED) is 0.317. The summed E-state index contributed by atoms with van der Waals surface area (Å²) in [4.78, 5) is 45.5. The Kier molecular flexibility index (Phi) is 11.7. The Bertz CT molecular complexity index is 1650. The number of rotatable bonds is 13. The number of aromatic nitrogens is 1. The molecule has 3 fully saturated rings. The number of para-hydroxylation sites is 1. The van der Waals surface area contributed by atoms with Crippen molar-refractivity contribution in [1.29, 1.82) is 0 Å². The number of aliphatic hydroxyl groups is 1. The predicted octanol–water partition coefficient (Wildman–Crippen LogP) is 1.55. The standard InChI is InChI=1S/C34H53N7O7S/c1-23(2)41-31-10-8-7-9-24(31)17-30(33(41)44)32(43)35-25-18-26-11-12-27(19-25)40(26)22-29(42)21-39(34(45)48-6)16-15-38-14-13-28(20-38)37(5)49(46,47)36(3)4/h7-10,17,23,25-29,42H,11-16,18-22H2,1-6H3,(H,35,43)/t26-,27-,28-,29?/m0/s1. The summed E-state index contributed by atoms with van der Waals surface area (Å²) >= 11 is 0. The van der Waals surface area contributed by atoms with Crippen LogP contribution in [0.3, 0.4) is 0 Å². The van der Waals surface area contributed by atoms with Crippen LogP contribution in [-0.4, -0.2) is 151 Å². The lowest BCUT2D eigenvalue weighted by molar-refractivity contribution is 0.0301. The van der Waals surface area contributed by atoms with Gasteiger partial charge in [0.2, 0.25) is 0 Å². The van der Waals surface area contributed by atoms with Crippen LogP contribution in [0.2, 0.25) is 0 Å². The Balaban J connectivity index is 1.15. The van der Waals surface area contributed by atoms with E-state index in [1.54, 1.807) is 17.7 Å². The van der Waals surface area contributed by atoms with E-state index in [0.29, 0.717) is 39.1 Å². The molecule has 2 aromatic rings. The van der Waals surface area contributed by atoms with E-state index in [1.807, 2.05) is 38.1 Å². The van der Waals surface area contributed by atoms with Crippen LogP contribution in [-0.2, 0) is 14.9 Å². The third-order valence-electron chi connectivity index (χ3n) is 10.5. The number of fused-ring (bicyclic) bond motifs is 3. The summed E-state index contributed by atoms with van der Waals surface area (Å²) in [7, 11) is 2.43. The fourth-order valence-electron chi connectivity index (χ4n) is 7.88. The van der Waals surface area contributed by atoms with Crippen molar-refractivity contribution in [2.75, 3.05) is 67.5 Å². The van der Waals surface area contributed by atoms with E-state index in [9.17, 15) is 27.9 Å².